The molecule has 102 valence electrons. The van der Waals surface area contributed by atoms with Crippen LogP contribution in [0.5, 0.6) is 0 Å². The molecule has 4 nitrogen and oxygen atoms in total. The summed E-state index contributed by atoms with van der Waals surface area (Å²) in [6, 6.07) is 9.01. The zero-order chi connectivity index (χ0) is 13.7. The SMILES string of the molecule is NCCCCC1(NC(=O)c2ccccc2)CCC1=O. The van der Waals surface area contributed by atoms with Gasteiger partial charge in [-0.3, -0.25) is 9.59 Å². The van der Waals surface area contributed by atoms with E-state index >= 15 is 0 Å². The first-order valence-electron chi connectivity index (χ1n) is 6.79. The second-order valence-electron chi connectivity index (χ2n) is 5.07. The average molecular weight is 260 g/mol. The van der Waals surface area contributed by atoms with Gasteiger partial charge in [-0.1, -0.05) is 18.2 Å². The van der Waals surface area contributed by atoms with Gasteiger partial charge in [-0.2, -0.15) is 0 Å². The van der Waals surface area contributed by atoms with Gasteiger partial charge in [-0.05, 0) is 44.4 Å². The molecule has 1 aromatic rings. The summed E-state index contributed by atoms with van der Waals surface area (Å²) in [5.41, 5.74) is 5.43. The summed E-state index contributed by atoms with van der Waals surface area (Å²) < 4.78 is 0. The highest BCUT2D eigenvalue weighted by Crippen LogP contribution is 2.33. The maximum absolute atomic E-state index is 12.1. The average Bonchev–Trinajstić information content (AvgIpc) is 2.45. The Bertz CT molecular complexity index is 458. The maximum Gasteiger partial charge on any atom is 0.252 e. The van der Waals surface area contributed by atoms with Gasteiger partial charge in [-0.15, -0.1) is 0 Å². The molecule has 1 aromatic carbocycles. The fourth-order valence-electron chi connectivity index (χ4n) is 2.44. The number of hydrogen-bond acceptors (Lipinski definition) is 3. The van der Waals surface area contributed by atoms with Crippen LogP contribution in [-0.4, -0.2) is 23.8 Å². The van der Waals surface area contributed by atoms with Crippen molar-refractivity contribution in [2.75, 3.05) is 6.54 Å². The Balaban J connectivity index is 2.01. The number of ketones is 1. The third-order valence-corrected chi connectivity index (χ3v) is 3.76. The molecule has 0 saturated heterocycles. The third kappa shape index (κ3) is 3.01. The molecule has 3 N–H and O–H groups in total. The summed E-state index contributed by atoms with van der Waals surface area (Å²) in [6.45, 7) is 0.622. The Morgan fingerprint density at radius 1 is 1.26 bits per heavy atom. The molecule has 1 amide bonds. The molecule has 1 aliphatic carbocycles. The topological polar surface area (TPSA) is 72.2 Å². The second kappa shape index (κ2) is 5.97. The molecule has 0 spiro atoms. The smallest absolute Gasteiger partial charge is 0.252 e. The number of amides is 1. The van der Waals surface area contributed by atoms with Gasteiger partial charge in [0.05, 0.1) is 5.54 Å². The Morgan fingerprint density at radius 3 is 2.53 bits per heavy atom. The van der Waals surface area contributed by atoms with Crippen LogP contribution in [0.3, 0.4) is 0 Å². The first-order valence-corrected chi connectivity index (χ1v) is 6.79. The number of Topliss-reactive ketones (excluding diaryl/α,β-unsaturated/α-hetero) is 1. The van der Waals surface area contributed by atoms with E-state index in [1.54, 1.807) is 12.1 Å². The molecular formula is C15H20N2O2. The maximum atomic E-state index is 12.1. The fraction of sp³-hybridized carbons (Fsp3) is 0.467. The molecule has 0 aliphatic heterocycles. The van der Waals surface area contributed by atoms with Crippen molar-refractivity contribution in [3.8, 4) is 0 Å². The molecule has 1 unspecified atom stereocenters. The molecular weight excluding hydrogens is 240 g/mol. The summed E-state index contributed by atoms with van der Waals surface area (Å²) in [6.07, 6.45) is 3.77. The highest BCUT2D eigenvalue weighted by Gasteiger charge is 2.46. The number of benzene rings is 1. The number of carbonyl (C=O) groups excluding carboxylic acids is 2. The zero-order valence-electron chi connectivity index (χ0n) is 11.0. The molecule has 1 aliphatic rings. The van der Waals surface area contributed by atoms with E-state index in [0.717, 1.165) is 19.3 Å². The van der Waals surface area contributed by atoms with E-state index in [2.05, 4.69) is 5.32 Å². The van der Waals surface area contributed by atoms with Gasteiger partial charge in [-0.25, -0.2) is 0 Å². The van der Waals surface area contributed by atoms with Gasteiger partial charge in [0.1, 0.15) is 0 Å². The highest BCUT2D eigenvalue weighted by atomic mass is 16.2. The molecule has 2 rings (SSSR count). The predicted molar refractivity (Wildman–Crippen MR) is 73.8 cm³/mol. The van der Waals surface area contributed by atoms with Crippen molar-refractivity contribution < 1.29 is 9.59 Å². The van der Waals surface area contributed by atoms with Gasteiger partial charge in [0.25, 0.3) is 5.91 Å². The van der Waals surface area contributed by atoms with E-state index in [-0.39, 0.29) is 11.7 Å². The van der Waals surface area contributed by atoms with Crippen LogP contribution >= 0.6 is 0 Å². The van der Waals surface area contributed by atoms with Crippen LogP contribution in [0.1, 0.15) is 42.5 Å². The monoisotopic (exact) mass is 260 g/mol. The standard InChI is InChI=1S/C15H20N2O2/c16-11-5-4-9-15(10-8-13(15)18)17-14(19)12-6-2-1-3-7-12/h1-3,6-7H,4-5,8-11,16H2,(H,17,19). The molecule has 1 atom stereocenters. The lowest BCUT2D eigenvalue weighted by Gasteiger charge is -2.40. The van der Waals surface area contributed by atoms with Crippen LogP contribution in [0.25, 0.3) is 0 Å². The van der Waals surface area contributed by atoms with Crippen molar-refractivity contribution in [3.05, 3.63) is 35.9 Å². The van der Waals surface area contributed by atoms with Crippen LogP contribution in [0, 0.1) is 0 Å². The third-order valence-electron chi connectivity index (χ3n) is 3.76. The van der Waals surface area contributed by atoms with Crippen molar-refractivity contribution in [3.63, 3.8) is 0 Å². The van der Waals surface area contributed by atoms with Gasteiger partial charge < -0.3 is 11.1 Å². The Morgan fingerprint density at radius 2 is 2.00 bits per heavy atom. The van der Waals surface area contributed by atoms with E-state index in [1.165, 1.54) is 0 Å². The first kappa shape index (κ1) is 13.7. The van der Waals surface area contributed by atoms with Crippen LogP contribution in [-0.2, 0) is 4.79 Å². The van der Waals surface area contributed by atoms with Gasteiger partial charge in [0.2, 0.25) is 0 Å². The number of hydrogen-bond donors (Lipinski definition) is 2. The number of nitrogens with one attached hydrogen (secondary N) is 1. The van der Waals surface area contributed by atoms with Crippen molar-refractivity contribution in [1.82, 2.24) is 5.32 Å². The minimum Gasteiger partial charge on any atom is -0.340 e. The Hall–Kier alpha value is -1.68. The number of unbranched alkanes of at least 4 members (excludes halogenated alkanes) is 1. The minimum atomic E-state index is -0.637. The van der Waals surface area contributed by atoms with Gasteiger partial charge >= 0.3 is 0 Å². The second-order valence-corrected chi connectivity index (χ2v) is 5.07. The van der Waals surface area contributed by atoms with Gasteiger partial charge in [0, 0.05) is 12.0 Å². The lowest BCUT2D eigenvalue weighted by molar-refractivity contribution is -0.133. The van der Waals surface area contributed by atoms with E-state index < -0.39 is 5.54 Å². The van der Waals surface area contributed by atoms with Crippen LogP contribution in [0.15, 0.2) is 30.3 Å². The quantitative estimate of drug-likeness (QED) is 0.764. The van der Waals surface area contributed by atoms with Crippen molar-refractivity contribution in [2.45, 2.75) is 37.6 Å². The summed E-state index contributed by atoms with van der Waals surface area (Å²) in [5, 5.41) is 2.93. The largest absolute Gasteiger partial charge is 0.340 e. The fourth-order valence-corrected chi connectivity index (χ4v) is 2.44. The summed E-state index contributed by atoms with van der Waals surface area (Å²) in [7, 11) is 0. The van der Waals surface area contributed by atoms with E-state index in [9.17, 15) is 9.59 Å². The highest BCUT2D eigenvalue weighted by molar-refractivity contribution is 6.02. The Labute approximate surface area is 113 Å². The molecule has 0 aromatic heterocycles. The lowest BCUT2D eigenvalue weighted by Crippen LogP contribution is -2.60. The first-order chi connectivity index (χ1) is 9.18. The number of nitrogens with two attached hydrogens (primary N) is 1. The molecule has 0 radical (unpaired) electrons. The minimum absolute atomic E-state index is 0.147. The zero-order valence-corrected chi connectivity index (χ0v) is 11.0. The number of carbonyl (C=O) groups is 2. The summed E-state index contributed by atoms with van der Waals surface area (Å²) in [5.74, 6) is -0.0183. The van der Waals surface area contributed by atoms with E-state index in [0.29, 0.717) is 24.9 Å². The lowest BCUT2D eigenvalue weighted by atomic mass is 9.72. The molecule has 0 heterocycles. The van der Waals surface area contributed by atoms with E-state index in [1.807, 2.05) is 18.2 Å². The molecule has 1 saturated carbocycles. The number of rotatable bonds is 6. The predicted octanol–water partition coefficient (Wildman–Crippen LogP) is 1.65. The van der Waals surface area contributed by atoms with Crippen molar-refractivity contribution in [2.24, 2.45) is 5.73 Å². The van der Waals surface area contributed by atoms with E-state index in [4.69, 9.17) is 5.73 Å². The Kier molecular flexibility index (Phi) is 4.32. The van der Waals surface area contributed by atoms with Crippen LogP contribution in [0.2, 0.25) is 0 Å². The summed E-state index contributed by atoms with van der Waals surface area (Å²) >= 11 is 0. The van der Waals surface area contributed by atoms with Crippen LogP contribution < -0.4 is 11.1 Å². The van der Waals surface area contributed by atoms with Crippen molar-refractivity contribution >= 4 is 11.7 Å². The summed E-state index contributed by atoms with van der Waals surface area (Å²) in [4.78, 5) is 24.0. The van der Waals surface area contributed by atoms with Crippen molar-refractivity contribution in [1.29, 1.82) is 0 Å². The molecule has 0 bridgehead atoms. The van der Waals surface area contributed by atoms with Crippen LogP contribution in [0.4, 0.5) is 0 Å². The molecule has 1 fully saturated rings. The normalized spacial score (nSPS) is 21.8. The van der Waals surface area contributed by atoms with Gasteiger partial charge in [0.15, 0.2) is 5.78 Å². The molecule has 19 heavy (non-hydrogen) atoms. The molecule has 4 heteroatoms.